The van der Waals surface area contributed by atoms with Crippen LogP contribution in [0.1, 0.15) is 10.4 Å². The zero-order valence-corrected chi connectivity index (χ0v) is 11.0. The lowest BCUT2D eigenvalue weighted by Crippen LogP contribution is -2.42. The number of nitrogens with two attached hydrogens (primary N) is 2. The Morgan fingerprint density at radius 2 is 1.75 bits per heavy atom. The van der Waals surface area contributed by atoms with Crippen molar-refractivity contribution in [2.24, 2.45) is 0 Å². The van der Waals surface area contributed by atoms with Crippen molar-refractivity contribution in [1.82, 2.24) is 4.90 Å². The molecule has 108 valence electrons. The van der Waals surface area contributed by atoms with Gasteiger partial charge in [0.25, 0.3) is 5.91 Å². The van der Waals surface area contributed by atoms with Gasteiger partial charge in [0.1, 0.15) is 0 Å². The van der Waals surface area contributed by atoms with E-state index in [4.69, 9.17) is 20.9 Å². The average Bonchev–Trinajstić information content (AvgIpc) is 2.44. The van der Waals surface area contributed by atoms with E-state index in [1.165, 1.54) is 18.2 Å². The van der Waals surface area contributed by atoms with E-state index in [0.717, 1.165) is 0 Å². The van der Waals surface area contributed by atoms with Crippen LogP contribution in [0.4, 0.5) is 11.4 Å². The summed E-state index contributed by atoms with van der Waals surface area (Å²) >= 11 is 0. The number of carbonyl (C=O) groups excluding carboxylic acids is 2. The quantitative estimate of drug-likeness (QED) is 0.589. The second kappa shape index (κ2) is 6.25. The number of esters is 1. The van der Waals surface area contributed by atoms with E-state index < -0.39 is 5.97 Å². The molecule has 2 rings (SSSR count). The molecule has 0 atom stereocenters. The second-order valence-corrected chi connectivity index (χ2v) is 4.46. The third-order valence-corrected chi connectivity index (χ3v) is 2.90. The minimum atomic E-state index is -0.620. The summed E-state index contributed by atoms with van der Waals surface area (Å²) in [6.07, 6.45) is 0. The highest BCUT2D eigenvalue weighted by Gasteiger charge is 2.19. The maximum atomic E-state index is 11.8. The summed E-state index contributed by atoms with van der Waals surface area (Å²) in [6, 6.07) is 4.45. The molecule has 7 heteroatoms. The summed E-state index contributed by atoms with van der Waals surface area (Å²) in [5.41, 5.74) is 12.2. The van der Waals surface area contributed by atoms with Crippen LogP contribution < -0.4 is 11.5 Å². The van der Waals surface area contributed by atoms with Crippen molar-refractivity contribution < 1.29 is 19.1 Å². The maximum absolute atomic E-state index is 11.8. The van der Waals surface area contributed by atoms with Crippen molar-refractivity contribution in [3.8, 4) is 0 Å². The molecule has 1 heterocycles. The molecule has 0 bridgehead atoms. The molecule has 1 aromatic rings. The highest BCUT2D eigenvalue weighted by atomic mass is 16.5. The van der Waals surface area contributed by atoms with Gasteiger partial charge in [0.15, 0.2) is 6.61 Å². The smallest absolute Gasteiger partial charge is 0.338 e. The summed E-state index contributed by atoms with van der Waals surface area (Å²) in [5.74, 6) is -0.857. The average molecular weight is 279 g/mol. The lowest BCUT2D eigenvalue weighted by molar-refractivity contribution is -0.138. The molecular weight excluding hydrogens is 262 g/mol. The standard InChI is InChI=1S/C13H17N3O4/c14-10-5-9(6-11(15)7-10)13(18)20-8-12(17)16-1-3-19-4-2-16/h5-7H,1-4,8,14-15H2. The van der Waals surface area contributed by atoms with E-state index in [9.17, 15) is 9.59 Å². The van der Waals surface area contributed by atoms with E-state index in [1.807, 2.05) is 0 Å². The SMILES string of the molecule is Nc1cc(N)cc(C(=O)OCC(=O)N2CCOCC2)c1. The molecule has 4 N–H and O–H groups in total. The molecule has 1 saturated heterocycles. The van der Waals surface area contributed by atoms with Gasteiger partial charge >= 0.3 is 5.97 Å². The van der Waals surface area contributed by atoms with Gasteiger partial charge in [-0.25, -0.2) is 4.79 Å². The number of morpholine rings is 1. The number of nitrogens with zero attached hydrogens (tertiary/aromatic N) is 1. The largest absolute Gasteiger partial charge is 0.452 e. The number of hydrogen-bond acceptors (Lipinski definition) is 6. The number of ether oxygens (including phenoxy) is 2. The van der Waals surface area contributed by atoms with Crippen molar-refractivity contribution in [3.63, 3.8) is 0 Å². The predicted molar refractivity (Wildman–Crippen MR) is 72.9 cm³/mol. The topological polar surface area (TPSA) is 108 Å². The van der Waals surface area contributed by atoms with Crippen molar-refractivity contribution in [2.75, 3.05) is 44.4 Å². The van der Waals surface area contributed by atoms with Gasteiger partial charge in [0.05, 0.1) is 18.8 Å². The third-order valence-electron chi connectivity index (χ3n) is 2.90. The molecule has 0 aliphatic carbocycles. The lowest BCUT2D eigenvalue weighted by Gasteiger charge is -2.26. The van der Waals surface area contributed by atoms with Gasteiger partial charge in [-0.15, -0.1) is 0 Å². The first-order chi connectivity index (χ1) is 9.56. The molecule has 1 fully saturated rings. The van der Waals surface area contributed by atoms with Crippen LogP contribution in [0.15, 0.2) is 18.2 Å². The molecule has 1 aliphatic heterocycles. The first-order valence-electron chi connectivity index (χ1n) is 6.25. The molecule has 0 unspecified atom stereocenters. The van der Waals surface area contributed by atoms with Crippen LogP contribution in [0.2, 0.25) is 0 Å². The Kier molecular flexibility index (Phi) is 4.41. The highest BCUT2D eigenvalue weighted by molar-refractivity contribution is 5.93. The fraction of sp³-hybridized carbons (Fsp3) is 0.385. The Balaban J connectivity index is 1.89. The van der Waals surface area contributed by atoms with Crippen LogP contribution in [-0.4, -0.2) is 49.7 Å². The zero-order valence-electron chi connectivity index (χ0n) is 11.0. The first-order valence-corrected chi connectivity index (χ1v) is 6.25. The van der Waals surface area contributed by atoms with Crippen LogP contribution in [0, 0.1) is 0 Å². The van der Waals surface area contributed by atoms with Crippen LogP contribution in [-0.2, 0) is 14.3 Å². The van der Waals surface area contributed by atoms with Gasteiger partial charge in [-0.05, 0) is 18.2 Å². The molecule has 7 nitrogen and oxygen atoms in total. The van der Waals surface area contributed by atoms with Gasteiger partial charge in [0, 0.05) is 24.5 Å². The van der Waals surface area contributed by atoms with Gasteiger partial charge < -0.3 is 25.8 Å². The molecule has 1 aliphatic rings. The van der Waals surface area contributed by atoms with Crippen LogP contribution in [0.25, 0.3) is 0 Å². The van der Waals surface area contributed by atoms with Crippen molar-refractivity contribution in [1.29, 1.82) is 0 Å². The van der Waals surface area contributed by atoms with Crippen molar-refractivity contribution in [3.05, 3.63) is 23.8 Å². The Morgan fingerprint density at radius 1 is 1.15 bits per heavy atom. The monoisotopic (exact) mass is 279 g/mol. The van der Waals surface area contributed by atoms with E-state index in [0.29, 0.717) is 37.7 Å². The van der Waals surface area contributed by atoms with Gasteiger partial charge in [-0.3, -0.25) is 4.79 Å². The number of anilines is 2. The number of hydrogen-bond donors (Lipinski definition) is 2. The van der Waals surface area contributed by atoms with Crippen LogP contribution >= 0.6 is 0 Å². The minimum absolute atomic E-state index is 0.234. The fourth-order valence-corrected chi connectivity index (χ4v) is 1.91. The lowest BCUT2D eigenvalue weighted by atomic mass is 10.2. The molecule has 1 aromatic carbocycles. The fourth-order valence-electron chi connectivity index (χ4n) is 1.91. The molecule has 0 aromatic heterocycles. The van der Waals surface area contributed by atoms with Crippen molar-refractivity contribution >= 4 is 23.3 Å². The van der Waals surface area contributed by atoms with Gasteiger partial charge in [0.2, 0.25) is 0 Å². The number of benzene rings is 1. The Labute approximate surface area is 116 Å². The molecule has 0 radical (unpaired) electrons. The summed E-state index contributed by atoms with van der Waals surface area (Å²) in [7, 11) is 0. The molecular formula is C13H17N3O4. The zero-order chi connectivity index (χ0) is 14.5. The van der Waals surface area contributed by atoms with Crippen LogP contribution in [0.5, 0.6) is 0 Å². The molecule has 1 amide bonds. The first kappa shape index (κ1) is 14.1. The summed E-state index contributed by atoms with van der Waals surface area (Å²) in [6.45, 7) is 1.74. The van der Waals surface area contributed by atoms with E-state index in [1.54, 1.807) is 4.90 Å². The summed E-state index contributed by atoms with van der Waals surface area (Å²) in [5, 5.41) is 0. The van der Waals surface area contributed by atoms with Gasteiger partial charge in [-0.2, -0.15) is 0 Å². The van der Waals surface area contributed by atoms with E-state index in [-0.39, 0.29) is 18.1 Å². The number of rotatable bonds is 3. The molecule has 20 heavy (non-hydrogen) atoms. The van der Waals surface area contributed by atoms with Crippen LogP contribution in [0.3, 0.4) is 0 Å². The van der Waals surface area contributed by atoms with E-state index >= 15 is 0 Å². The molecule has 0 saturated carbocycles. The third kappa shape index (κ3) is 3.61. The summed E-state index contributed by atoms with van der Waals surface area (Å²) < 4.78 is 10.1. The van der Waals surface area contributed by atoms with E-state index in [2.05, 4.69) is 0 Å². The normalized spacial score (nSPS) is 14.9. The number of nitrogen functional groups attached to an aromatic ring is 2. The maximum Gasteiger partial charge on any atom is 0.338 e. The van der Waals surface area contributed by atoms with Gasteiger partial charge in [-0.1, -0.05) is 0 Å². The van der Waals surface area contributed by atoms with Crippen molar-refractivity contribution in [2.45, 2.75) is 0 Å². The predicted octanol–water partition coefficient (Wildman–Crippen LogP) is -0.133. The highest BCUT2D eigenvalue weighted by Crippen LogP contribution is 2.14. The summed E-state index contributed by atoms with van der Waals surface area (Å²) in [4.78, 5) is 25.2. The Hall–Kier alpha value is -2.28. The number of amides is 1. The Morgan fingerprint density at radius 3 is 2.35 bits per heavy atom. The minimum Gasteiger partial charge on any atom is -0.452 e. The Bertz CT molecular complexity index is 492. The molecule has 0 spiro atoms. The second-order valence-electron chi connectivity index (χ2n) is 4.46. The number of carbonyl (C=O) groups is 2.